The molecule has 0 spiro atoms. The fourth-order valence-electron chi connectivity index (χ4n) is 2.70. The van der Waals surface area contributed by atoms with E-state index in [2.05, 4.69) is 6.92 Å². The summed E-state index contributed by atoms with van der Waals surface area (Å²) in [5, 5.41) is 0. The van der Waals surface area contributed by atoms with Gasteiger partial charge in [-0.3, -0.25) is 4.18 Å². The molecule has 0 aliphatic rings. The Morgan fingerprint density at radius 2 is 1.33 bits per heavy atom. The van der Waals surface area contributed by atoms with Crippen molar-refractivity contribution in [2.75, 3.05) is 6.61 Å². The van der Waals surface area contributed by atoms with Crippen LogP contribution >= 0.6 is 0 Å². The average Bonchev–Trinajstić information content (AvgIpc) is 2.55. The predicted octanol–water partition coefficient (Wildman–Crippen LogP) is 5.93. The van der Waals surface area contributed by atoms with Crippen LogP contribution in [0.15, 0.2) is 23.1 Å². The van der Waals surface area contributed by atoms with E-state index in [1.54, 1.807) is 12.1 Å². The van der Waals surface area contributed by atoms with Crippen molar-refractivity contribution >= 4 is 10.1 Å². The van der Waals surface area contributed by atoms with Gasteiger partial charge in [-0.1, -0.05) is 70.8 Å². The first-order valence-electron chi connectivity index (χ1n) is 9.44. The maximum absolute atomic E-state index is 12.1. The molecule has 0 unspecified atom stereocenters. The van der Waals surface area contributed by atoms with Gasteiger partial charge in [0.15, 0.2) is 0 Å². The highest BCUT2D eigenvalue weighted by atomic mass is 32.2. The lowest BCUT2D eigenvalue weighted by Gasteiger charge is -2.08. The van der Waals surface area contributed by atoms with Crippen LogP contribution < -0.4 is 0 Å². The quantitative estimate of drug-likeness (QED) is 0.326. The first kappa shape index (κ1) is 21.2. The molecule has 1 aromatic carbocycles. The van der Waals surface area contributed by atoms with Crippen LogP contribution in [0.1, 0.15) is 82.3 Å². The van der Waals surface area contributed by atoms with Crippen molar-refractivity contribution in [3.05, 3.63) is 29.3 Å². The molecule has 0 aliphatic heterocycles. The van der Waals surface area contributed by atoms with Gasteiger partial charge in [0.05, 0.1) is 11.5 Å². The van der Waals surface area contributed by atoms with Gasteiger partial charge in [0.25, 0.3) is 10.1 Å². The fraction of sp³-hybridized carbons (Fsp3) is 0.700. The standard InChI is InChI=1S/C20H34O3S/c1-4-5-6-7-8-9-10-11-12-13-16-23-24(21,22)20-15-14-18(2)19(3)17-20/h14-15,17H,4-13,16H2,1-3H3. The van der Waals surface area contributed by atoms with Crippen LogP contribution in [0, 0.1) is 13.8 Å². The molecule has 0 N–H and O–H groups in total. The summed E-state index contributed by atoms with van der Waals surface area (Å²) in [5.74, 6) is 0. The largest absolute Gasteiger partial charge is 0.296 e. The van der Waals surface area contributed by atoms with Crippen LogP contribution in [0.4, 0.5) is 0 Å². The summed E-state index contributed by atoms with van der Waals surface area (Å²) >= 11 is 0. The highest BCUT2D eigenvalue weighted by molar-refractivity contribution is 7.86. The SMILES string of the molecule is CCCCCCCCCCCCOS(=O)(=O)c1ccc(C)c(C)c1. The van der Waals surface area contributed by atoms with Gasteiger partial charge in [-0.25, -0.2) is 0 Å². The molecule has 138 valence electrons. The Morgan fingerprint density at radius 3 is 1.88 bits per heavy atom. The Hall–Kier alpha value is -0.870. The van der Waals surface area contributed by atoms with E-state index in [4.69, 9.17) is 4.18 Å². The molecule has 0 bridgehead atoms. The van der Waals surface area contributed by atoms with Crippen molar-refractivity contribution in [2.24, 2.45) is 0 Å². The molecule has 0 aliphatic carbocycles. The maximum Gasteiger partial charge on any atom is 0.296 e. The highest BCUT2D eigenvalue weighted by Crippen LogP contribution is 2.17. The molecule has 0 radical (unpaired) electrons. The summed E-state index contributed by atoms with van der Waals surface area (Å²) < 4.78 is 29.4. The minimum Gasteiger partial charge on any atom is -0.266 e. The molecule has 0 saturated carbocycles. The molecule has 24 heavy (non-hydrogen) atoms. The Morgan fingerprint density at radius 1 is 0.792 bits per heavy atom. The lowest BCUT2D eigenvalue weighted by molar-refractivity contribution is 0.306. The molecule has 0 saturated heterocycles. The Kier molecular flexibility index (Phi) is 10.3. The second-order valence-corrected chi connectivity index (χ2v) is 8.32. The summed E-state index contributed by atoms with van der Waals surface area (Å²) in [7, 11) is -3.61. The minimum absolute atomic E-state index is 0.262. The van der Waals surface area contributed by atoms with E-state index in [0.717, 1.165) is 24.0 Å². The van der Waals surface area contributed by atoms with E-state index in [9.17, 15) is 8.42 Å². The van der Waals surface area contributed by atoms with Gasteiger partial charge in [0.2, 0.25) is 0 Å². The highest BCUT2D eigenvalue weighted by Gasteiger charge is 2.15. The van der Waals surface area contributed by atoms with E-state index in [1.807, 2.05) is 19.9 Å². The smallest absolute Gasteiger partial charge is 0.266 e. The molecule has 3 nitrogen and oxygen atoms in total. The fourth-order valence-corrected chi connectivity index (χ4v) is 3.72. The van der Waals surface area contributed by atoms with Crippen molar-refractivity contribution in [1.82, 2.24) is 0 Å². The Balaban J connectivity index is 2.13. The number of hydrogen-bond acceptors (Lipinski definition) is 3. The lowest BCUT2D eigenvalue weighted by atomic mass is 10.1. The van der Waals surface area contributed by atoms with Gasteiger partial charge in [0.1, 0.15) is 0 Å². The van der Waals surface area contributed by atoms with Crippen LogP contribution in [0.2, 0.25) is 0 Å². The molecular weight excluding hydrogens is 320 g/mol. The van der Waals surface area contributed by atoms with Gasteiger partial charge in [-0.05, 0) is 43.5 Å². The summed E-state index contributed by atoms with van der Waals surface area (Å²) in [6.45, 7) is 6.40. The molecule has 0 fully saturated rings. The average molecular weight is 355 g/mol. The van der Waals surface area contributed by atoms with E-state index in [0.29, 0.717) is 0 Å². The normalized spacial score (nSPS) is 11.8. The third-order valence-electron chi connectivity index (χ3n) is 4.50. The molecule has 0 heterocycles. The first-order chi connectivity index (χ1) is 11.5. The van der Waals surface area contributed by atoms with Crippen LogP contribution in [-0.4, -0.2) is 15.0 Å². The second-order valence-electron chi connectivity index (χ2n) is 6.70. The van der Waals surface area contributed by atoms with E-state index < -0.39 is 10.1 Å². The molecule has 0 atom stereocenters. The van der Waals surface area contributed by atoms with Gasteiger partial charge in [-0.15, -0.1) is 0 Å². The molecule has 1 aromatic rings. The van der Waals surface area contributed by atoms with Crippen LogP contribution in [-0.2, 0) is 14.3 Å². The van der Waals surface area contributed by atoms with Gasteiger partial charge in [0, 0.05) is 0 Å². The monoisotopic (exact) mass is 354 g/mol. The first-order valence-corrected chi connectivity index (χ1v) is 10.8. The third-order valence-corrected chi connectivity index (χ3v) is 5.81. The number of hydrogen-bond donors (Lipinski definition) is 0. The predicted molar refractivity (Wildman–Crippen MR) is 101 cm³/mol. The van der Waals surface area contributed by atoms with Crippen molar-refractivity contribution in [3.8, 4) is 0 Å². The lowest BCUT2D eigenvalue weighted by Crippen LogP contribution is -2.08. The molecular formula is C20H34O3S. The van der Waals surface area contributed by atoms with Crippen LogP contribution in [0.25, 0.3) is 0 Å². The van der Waals surface area contributed by atoms with E-state index in [-0.39, 0.29) is 11.5 Å². The van der Waals surface area contributed by atoms with Crippen molar-refractivity contribution < 1.29 is 12.6 Å². The third kappa shape index (κ3) is 8.29. The summed E-state index contributed by atoms with van der Waals surface area (Å²) in [6, 6.07) is 5.13. The van der Waals surface area contributed by atoms with E-state index >= 15 is 0 Å². The zero-order valence-electron chi connectivity index (χ0n) is 15.6. The van der Waals surface area contributed by atoms with Crippen molar-refractivity contribution in [1.29, 1.82) is 0 Å². The van der Waals surface area contributed by atoms with Crippen molar-refractivity contribution in [3.63, 3.8) is 0 Å². The maximum atomic E-state index is 12.1. The van der Waals surface area contributed by atoms with Gasteiger partial charge < -0.3 is 0 Å². The van der Waals surface area contributed by atoms with Crippen LogP contribution in [0.3, 0.4) is 0 Å². The van der Waals surface area contributed by atoms with Gasteiger partial charge in [-0.2, -0.15) is 8.42 Å². The Bertz CT molecular complexity index is 564. The molecule has 0 amide bonds. The zero-order chi connectivity index (χ0) is 17.8. The number of unbranched alkanes of at least 4 members (excludes halogenated alkanes) is 9. The zero-order valence-corrected chi connectivity index (χ0v) is 16.5. The molecule has 4 heteroatoms. The minimum atomic E-state index is -3.61. The van der Waals surface area contributed by atoms with Crippen molar-refractivity contribution in [2.45, 2.75) is 89.9 Å². The summed E-state index contributed by atoms with van der Waals surface area (Å²) in [5.41, 5.74) is 2.06. The van der Waals surface area contributed by atoms with Gasteiger partial charge >= 0.3 is 0 Å². The second kappa shape index (κ2) is 11.6. The van der Waals surface area contributed by atoms with Crippen LogP contribution in [0.5, 0.6) is 0 Å². The molecule has 1 rings (SSSR count). The topological polar surface area (TPSA) is 43.4 Å². The number of benzene rings is 1. The summed E-state index contributed by atoms with van der Waals surface area (Å²) in [6.07, 6.45) is 12.3. The molecule has 0 aromatic heterocycles. The number of rotatable bonds is 13. The Labute approximate surface area is 148 Å². The van der Waals surface area contributed by atoms with E-state index in [1.165, 1.54) is 51.4 Å². The summed E-state index contributed by atoms with van der Waals surface area (Å²) in [4.78, 5) is 0.262. The number of aryl methyl sites for hydroxylation is 2.